The van der Waals surface area contributed by atoms with E-state index in [9.17, 15) is 13.2 Å². The first kappa shape index (κ1) is 16.9. The fourth-order valence-corrected chi connectivity index (χ4v) is 3.76. The van der Waals surface area contributed by atoms with Gasteiger partial charge in [-0.25, -0.2) is 0 Å². The monoisotopic (exact) mass is 326 g/mol. The molecule has 22 heavy (non-hydrogen) atoms. The van der Waals surface area contributed by atoms with Gasteiger partial charge in [-0.2, -0.15) is 17.4 Å². The third-order valence-electron chi connectivity index (χ3n) is 3.99. The Morgan fingerprint density at radius 2 is 1.86 bits per heavy atom. The van der Waals surface area contributed by atoms with E-state index in [1.54, 1.807) is 24.3 Å². The van der Waals surface area contributed by atoms with Crippen molar-refractivity contribution in [2.24, 2.45) is 5.92 Å². The van der Waals surface area contributed by atoms with E-state index in [0.717, 1.165) is 12.8 Å². The molecule has 122 valence electrons. The van der Waals surface area contributed by atoms with Crippen molar-refractivity contribution in [3.63, 3.8) is 0 Å². The molecule has 1 aromatic carbocycles. The molecule has 0 atom stereocenters. The largest absolute Gasteiger partial charge is 0.481 e. The molecule has 1 aliphatic rings. The van der Waals surface area contributed by atoms with Crippen LogP contribution in [0.25, 0.3) is 0 Å². The molecule has 2 N–H and O–H groups in total. The van der Waals surface area contributed by atoms with Gasteiger partial charge in [0.1, 0.15) is 0 Å². The molecule has 0 saturated carbocycles. The van der Waals surface area contributed by atoms with Crippen LogP contribution in [0.5, 0.6) is 0 Å². The summed E-state index contributed by atoms with van der Waals surface area (Å²) in [7, 11) is -3.51. The highest BCUT2D eigenvalue weighted by atomic mass is 32.2. The van der Waals surface area contributed by atoms with Crippen molar-refractivity contribution < 1.29 is 18.3 Å². The van der Waals surface area contributed by atoms with Crippen LogP contribution in [0.4, 0.5) is 0 Å². The molecule has 1 saturated heterocycles. The zero-order chi connectivity index (χ0) is 16.2. The van der Waals surface area contributed by atoms with Gasteiger partial charge in [-0.1, -0.05) is 31.2 Å². The molecule has 0 amide bonds. The Bertz CT molecular complexity index is 622. The molecule has 0 spiro atoms. The van der Waals surface area contributed by atoms with E-state index in [-0.39, 0.29) is 13.0 Å². The normalized spacial score (nSPS) is 17.5. The van der Waals surface area contributed by atoms with Crippen molar-refractivity contribution in [3.05, 3.63) is 35.4 Å². The number of piperidine rings is 1. The van der Waals surface area contributed by atoms with Crippen molar-refractivity contribution in [3.8, 4) is 0 Å². The van der Waals surface area contributed by atoms with Crippen LogP contribution in [0.2, 0.25) is 0 Å². The number of rotatable bonds is 6. The van der Waals surface area contributed by atoms with Gasteiger partial charge in [0.15, 0.2) is 0 Å². The van der Waals surface area contributed by atoms with Crippen LogP contribution in [-0.4, -0.2) is 36.9 Å². The number of carboxylic acid groups (broad SMARTS) is 1. The smallest absolute Gasteiger partial charge is 0.307 e. The summed E-state index contributed by atoms with van der Waals surface area (Å²) in [6, 6.07) is 6.99. The molecule has 6 nitrogen and oxygen atoms in total. The molecule has 1 aromatic rings. The number of nitrogens with zero attached hydrogens (tertiary/aromatic N) is 1. The summed E-state index contributed by atoms with van der Waals surface area (Å²) in [5.41, 5.74) is 1.32. The molecule has 0 aromatic heterocycles. The Morgan fingerprint density at radius 3 is 2.45 bits per heavy atom. The van der Waals surface area contributed by atoms with Crippen LogP contribution in [0.1, 0.15) is 30.9 Å². The fourth-order valence-electron chi connectivity index (χ4n) is 2.55. The molecule has 0 bridgehead atoms. The minimum absolute atomic E-state index is 0.109. The summed E-state index contributed by atoms with van der Waals surface area (Å²) in [4.78, 5) is 10.9. The molecular formula is C15H22N2O4S. The van der Waals surface area contributed by atoms with Gasteiger partial charge in [-0.05, 0) is 29.9 Å². The van der Waals surface area contributed by atoms with Gasteiger partial charge < -0.3 is 5.11 Å². The van der Waals surface area contributed by atoms with Crippen LogP contribution >= 0.6 is 0 Å². The summed E-state index contributed by atoms with van der Waals surface area (Å²) in [6.07, 6.45) is 1.63. The number of carboxylic acids is 1. The Balaban J connectivity index is 2.01. The molecule has 1 aliphatic heterocycles. The second-order valence-corrected chi connectivity index (χ2v) is 7.50. The first-order valence-corrected chi connectivity index (χ1v) is 8.86. The average molecular weight is 326 g/mol. The first-order chi connectivity index (χ1) is 10.4. The predicted octanol–water partition coefficient (Wildman–Crippen LogP) is 1.38. The molecule has 1 heterocycles. The zero-order valence-electron chi connectivity index (χ0n) is 12.7. The standard InChI is InChI=1S/C15H22N2O4S/c1-12-6-8-17(9-7-12)22(20,21)16-11-14-5-3-2-4-13(14)10-15(18)19/h2-5,12,16H,6-11H2,1H3,(H,18,19). The molecule has 0 aliphatic carbocycles. The lowest BCUT2D eigenvalue weighted by Gasteiger charge is -2.29. The quantitative estimate of drug-likeness (QED) is 0.827. The van der Waals surface area contributed by atoms with Crippen LogP contribution in [0.3, 0.4) is 0 Å². The van der Waals surface area contributed by atoms with Gasteiger partial charge in [-0.15, -0.1) is 0 Å². The average Bonchev–Trinajstić information content (AvgIpc) is 2.46. The van der Waals surface area contributed by atoms with E-state index in [1.807, 2.05) is 0 Å². The zero-order valence-corrected chi connectivity index (χ0v) is 13.5. The molecule has 0 unspecified atom stereocenters. The number of benzene rings is 1. The van der Waals surface area contributed by atoms with Gasteiger partial charge in [0, 0.05) is 19.6 Å². The van der Waals surface area contributed by atoms with Crippen molar-refractivity contribution in [2.45, 2.75) is 32.7 Å². The summed E-state index contributed by atoms with van der Waals surface area (Å²) >= 11 is 0. The Morgan fingerprint density at radius 1 is 1.27 bits per heavy atom. The van der Waals surface area contributed by atoms with Gasteiger partial charge >= 0.3 is 5.97 Å². The van der Waals surface area contributed by atoms with Gasteiger partial charge in [0.25, 0.3) is 10.2 Å². The molecule has 2 rings (SSSR count). The number of hydrogen-bond donors (Lipinski definition) is 2. The lowest BCUT2D eigenvalue weighted by molar-refractivity contribution is -0.136. The van der Waals surface area contributed by atoms with Gasteiger partial charge in [-0.3, -0.25) is 4.79 Å². The third kappa shape index (κ3) is 4.53. The summed E-state index contributed by atoms with van der Waals surface area (Å²) in [5.74, 6) is -0.372. The molecule has 7 heteroatoms. The summed E-state index contributed by atoms with van der Waals surface area (Å²) < 4.78 is 28.6. The van der Waals surface area contributed by atoms with Crippen LogP contribution in [0.15, 0.2) is 24.3 Å². The Kier molecular flexibility index (Phi) is 5.55. The highest BCUT2D eigenvalue weighted by Crippen LogP contribution is 2.18. The second kappa shape index (κ2) is 7.21. The maximum atomic E-state index is 12.3. The maximum Gasteiger partial charge on any atom is 0.307 e. The van der Waals surface area contributed by atoms with Gasteiger partial charge in [0.05, 0.1) is 6.42 Å². The van der Waals surface area contributed by atoms with Crippen molar-refractivity contribution in [1.29, 1.82) is 0 Å². The van der Waals surface area contributed by atoms with Crippen molar-refractivity contribution in [1.82, 2.24) is 9.03 Å². The van der Waals surface area contributed by atoms with E-state index >= 15 is 0 Å². The number of nitrogens with one attached hydrogen (secondary N) is 1. The van der Waals surface area contributed by atoms with Crippen molar-refractivity contribution in [2.75, 3.05) is 13.1 Å². The first-order valence-electron chi connectivity index (χ1n) is 7.42. The highest BCUT2D eigenvalue weighted by Gasteiger charge is 2.26. The van der Waals surface area contributed by atoms with E-state index in [0.29, 0.717) is 30.1 Å². The summed E-state index contributed by atoms with van der Waals surface area (Å²) in [5, 5.41) is 8.90. The fraction of sp³-hybridized carbons (Fsp3) is 0.533. The van der Waals surface area contributed by atoms with E-state index in [2.05, 4.69) is 11.6 Å². The Hall–Kier alpha value is -1.44. The lowest BCUT2D eigenvalue weighted by atomic mass is 10.0. The lowest BCUT2D eigenvalue weighted by Crippen LogP contribution is -2.44. The number of aliphatic carboxylic acids is 1. The minimum atomic E-state index is -3.51. The second-order valence-electron chi connectivity index (χ2n) is 5.75. The van der Waals surface area contributed by atoms with Crippen LogP contribution in [-0.2, 0) is 28.0 Å². The van der Waals surface area contributed by atoms with Gasteiger partial charge in [0.2, 0.25) is 0 Å². The topological polar surface area (TPSA) is 86.7 Å². The van der Waals surface area contributed by atoms with Crippen molar-refractivity contribution >= 4 is 16.2 Å². The maximum absolute atomic E-state index is 12.3. The molecule has 0 radical (unpaired) electrons. The number of carbonyl (C=O) groups is 1. The minimum Gasteiger partial charge on any atom is -0.481 e. The Labute approximate surface area is 131 Å². The third-order valence-corrected chi connectivity index (χ3v) is 5.54. The predicted molar refractivity (Wildman–Crippen MR) is 83.5 cm³/mol. The summed E-state index contributed by atoms with van der Waals surface area (Å²) in [6.45, 7) is 3.30. The van der Waals surface area contributed by atoms with E-state index < -0.39 is 16.2 Å². The van der Waals surface area contributed by atoms with Crippen LogP contribution < -0.4 is 4.72 Å². The number of hydrogen-bond acceptors (Lipinski definition) is 3. The van der Waals surface area contributed by atoms with E-state index in [4.69, 9.17) is 5.11 Å². The van der Waals surface area contributed by atoms with Crippen LogP contribution in [0, 0.1) is 5.92 Å². The SMILES string of the molecule is CC1CCN(S(=O)(=O)NCc2ccccc2CC(=O)O)CC1. The highest BCUT2D eigenvalue weighted by molar-refractivity contribution is 7.87. The van der Waals surface area contributed by atoms with E-state index in [1.165, 1.54) is 4.31 Å². The molecule has 1 fully saturated rings. The molecular weight excluding hydrogens is 304 g/mol.